The average molecular weight is 284 g/mol. The molecule has 0 radical (unpaired) electrons. The van der Waals surface area contributed by atoms with Crippen molar-refractivity contribution in [1.82, 2.24) is 0 Å². The van der Waals surface area contributed by atoms with Gasteiger partial charge < -0.3 is 15.4 Å². The van der Waals surface area contributed by atoms with Crippen LogP contribution in [0, 0.1) is 6.92 Å². The first-order valence-electron chi connectivity index (χ1n) is 6.94. The lowest BCUT2D eigenvalue weighted by Crippen LogP contribution is -2.15. The van der Waals surface area contributed by atoms with Crippen molar-refractivity contribution in [3.05, 3.63) is 53.6 Å². The van der Waals surface area contributed by atoms with Crippen LogP contribution in [0.1, 0.15) is 22.8 Å². The van der Waals surface area contributed by atoms with Gasteiger partial charge in [0.05, 0.1) is 18.4 Å². The van der Waals surface area contributed by atoms with E-state index in [9.17, 15) is 4.79 Å². The summed E-state index contributed by atoms with van der Waals surface area (Å²) in [6.07, 6.45) is 0. The Morgan fingerprint density at radius 3 is 2.62 bits per heavy atom. The molecule has 0 fully saturated rings. The maximum Gasteiger partial charge on any atom is 0.257 e. The zero-order chi connectivity index (χ0) is 15.2. The fourth-order valence-electron chi connectivity index (χ4n) is 2.13. The number of ether oxygens (including phenoxy) is 1. The van der Waals surface area contributed by atoms with E-state index in [1.54, 1.807) is 7.11 Å². The van der Waals surface area contributed by atoms with Gasteiger partial charge in [0.1, 0.15) is 5.75 Å². The van der Waals surface area contributed by atoms with E-state index in [0.29, 0.717) is 17.0 Å². The summed E-state index contributed by atoms with van der Waals surface area (Å²) in [5.41, 5.74) is 3.23. The lowest BCUT2D eigenvalue weighted by atomic mass is 10.1. The van der Waals surface area contributed by atoms with Crippen molar-refractivity contribution in [2.75, 3.05) is 24.3 Å². The molecule has 21 heavy (non-hydrogen) atoms. The van der Waals surface area contributed by atoms with Crippen LogP contribution in [0.15, 0.2) is 42.5 Å². The summed E-state index contributed by atoms with van der Waals surface area (Å²) < 4.78 is 5.25. The molecule has 0 heterocycles. The Balaban J connectivity index is 2.28. The molecule has 0 aliphatic heterocycles. The number of rotatable bonds is 5. The molecule has 0 aliphatic rings. The maximum atomic E-state index is 12.5. The van der Waals surface area contributed by atoms with Crippen LogP contribution >= 0.6 is 0 Å². The summed E-state index contributed by atoms with van der Waals surface area (Å²) in [6, 6.07) is 13.1. The van der Waals surface area contributed by atoms with Gasteiger partial charge in [-0.25, -0.2) is 0 Å². The Labute approximate surface area is 125 Å². The van der Waals surface area contributed by atoms with Gasteiger partial charge in [-0.3, -0.25) is 4.79 Å². The predicted octanol–water partition coefficient (Wildman–Crippen LogP) is 3.69. The fraction of sp³-hybridized carbons (Fsp3) is 0.235. The van der Waals surface area contributed by atoms with Crippen LogP contribution in [0.25, 0.3) is 0 Å². The van der Waals surface area contributed by atoms with E-state index in [2.05, 4.69) is 10.6 Å². The van der Waals surface area contributed by atoms with Gasteiger partial charge in [0.25, 0.3) is 5.91 Å². The molecule has 2 aromatic carbocycles. The molecule has 4 nitrogen and oxygen atoms in total. The third-order valence-corrected chi connectivity index (χ3v) is 3.14. The van der Waals surface area contributed by atoms with Gasteiger partial charge >= 0.3 is 0 Å². The SMILES string of the molecule is CCNc1cc(C)ccc1C(=O)Nc1ccccc1OC. The number of aryl methyl sites for hydroxylation is 1. The molecule has 110 valence electrons. The molecule has 0 aliphatic carbocycles. The zero-order valence-electron chi connectivity index (χ0n) is 12.6. The minimum atomic E-state index is -0.157. The molecule has 2 N–H and O–H groups in total. The second kappa shape index (κ2) is 6.79. The number of nitrogens with one attached hydrogen (secondary N) is 2. The van der Waals surface area contributed by atoms with Crippen molar-refractivity contribution < 1.29 is 9.53 Å². The first-order chi connectivity index (χ1) is 10.2. The lowest BCUT2D eigenvalue weighted by Gasteiger charge is -2.13. The van der Waals surface area contributed by atoms with Crippen LogP contribution < -0.4 is 15.4 Å². The second-order valence-corrected chi connectivity index (χ2v) is 4.73. The number of carbonyl (C=O) groups excluding carboxylic acids is 1. The van der Waals surface area contributed by atoms with Crippen LogP contribution in [0.2, 0.25) is 0 Å². The van der Waals surface area contributed by atoms with Crippen molar-refractivity contribution in [1.29, 1.82) is 0 Å². The predicted molar refractivity (Wildman–Crippen MR) is 86.3 cm³/mol. The minimum absolute atomic E-state index is 0.157. The van der Waals surface area contributed by atoms with E-state index < -0.39 is 0 Å². The van der Waals surface area contributed by atoms with Gasteiger partial charge in [-0.15, -0.1) is 0 Å². The van der Waals surface area contributed by atoms with E-state index in [0.717, 1.165) is 17.8 Å². The van der Waals surface area contributed by atoms with Crippen molar-refractivity contribution >= 4 is 17.3 Å². The molecule has 0 atom stereocenters. The summed E-state index contributed by atoms with van der Waals surface area (Å²) in [6.45, 7) is 4.77. The first kappa shape index (κ1) is 14.9. The van der Waals surface area contributed by atoms with Crippen LogP contribution in [-0.2, 0) is 0 Å². The van der Waals surface area contributed by atoms with Crippen molar-refractivity contribution in [3.8, 4) is 5.75 Å². The number of amides is 1. The number of anilines is 2. The molecule has 0 saturated carbocycles. The molecule has 0 saturated heterocycles. The van der Waals surface area contributed by atoms with Gasteiger partial charge in [0, 0.05) is 12.2 Å². The van der Waals surface area contributed by atoms with E-state index in [1.807, 2.05) is 56.3 Å². The number of hydrogen-bond acceptors (Lipinski definition) is 3. The zero-order valence-corrected chi connectivity index (χ0v) is 12.6. The average Bonchev–Trinajstić information content (AvgIpc) is 2.48. The Bertz CT molecular complexity index is 638. The van der Waals surface area contributed by atoms with Crippen molar-refractivity contribution in [2.24, 2.45) is 0 Å². The molecule has 0 bridgehead atoms. The molecule has 0 unspecified atom stereocenters. The normalized spacial score (nSPS) is 10.0. The van der Waals surface area contributed by atoms with Gasteiger partial charge in [0.2, 0.25) is 0 Å². The Morgan fingerprint density at radius 1 is 1.14 bits per heavy atom. The molecular formula is C17H20N2O2. The number of para-hydroxylation sites is 2. The highest BCUT2D eigenvalue weighted by Gasteiger charge is 2.13. The summed E-state index contributed by atoms with van der Waals surface area (Å²) in [5.74, 6) is 0.485. The monoisotopic (exact) mass is 284 g/mol. The van der Waals surface area contributed by atoms with Crippen molar-refractivity contribution in [3.63, 3.8) is 0 Å². The Hall–Kier alpha value is -2.49. The van der Waals surface area contributed by atoms with Gasteiger partial charge in [-0.2, -0.15) is 0 Å². The number of benzene rings is 2. The summed E-state index contributed by atoms with van der Waals surface area (Å²) in [4.78, 5) is 12.5. The third kappa shape index (κ3) is 3.54. The maximum absolute atomic E-state index is 12.5. The summed E-state index contributed by atoms with van der Waals surface area (Å²) in [5, 5.41) is 6.11. The van der Waals surface area contributed by atoms with Gasteiger partial charge in [-0.05, 0) is 43.7 Å². The molecule has 2 rings (SSSR count). The third-order valence-electron chi connectivity index (χ3n) is 3.14. The first-order valence-corrected chi connectivity index (χ1v) is 6.94. The largest absolute Gasteiger partial charge is 0.495 e. The van der Waals surface area contributed by atoms with Gasteiger partial charge in [0.15, 0.2) is 0 Å². The van der Waals surface area contributed by atoms with Gasteiger partial charge in [-0.1, -0.05) is 18.2 Å². The second-order valence-electron chi connectivity index (χ2n) is 4.73. The summed E-state index contributed by atoms with van der Waals surface area (Å²) >= 11 is 0. The van der Waals surface area contributed by atoms with Crippen LogP contribution in [0.3, 0.4) is 0 Å². The lowest BCUT2D eigenvalue weighted by molar-refractivity contribution is 0.102. The molecule has 4 heteroatoms. The van der Waals surface area contributed by atoms with Crippen LogP contribution in [-0.4, -0.2) is 19.6 Å². The van der Waals surface area contributed by atoms with E-state index in [1.165, 1.54) is 0 Å². The van der Waals surface area contributed by atoms with Crippen LogP contribution in [0.5, 0.6) is 5.75 Å². The van der Waals surface area contributed by atoms with E-state index >= 15 is 0 Å². The molecule has 0 spiro atoms. The molecule has 1 amide bonds. The molecule has 0 aromatic heterocycles. The van der Waals surface area contributed by atoms with Crippen LogP contribution in [0.4, 0.5) is 11.4 Å². The number of hydrogen-bond donors (Lipinski definition) is 2. The Morgan fingerprint density at radius 2 is 1.90 bits per heavy atom. The smallest absolute Gasteiger partial charge is 0.257 e. The number of methoxy groups -OCH3 is 1. The minimum Gasteiger partial charge on any atom is -0.495 e. The summed E-state index contributed by atoms with van der Waals surface area (Å²) in [7, 11) is 1.58. The van der Waals surface area contributed by atoms with E-state index in [4.69, 9.17) is 4.74 Å². The van der Waals surface area contributed by atoms with E-state index in [-0.39, 0.29) is 5.91 Å². The molecular weight excluding hydrogens is 264 g/mol. The fourth-order valence-corrected chi connectivity index (χ4v) is 2.13. The number of carbonyl (C=O) groups is 1. The van der Waals surface area contributed by atoms with Crippen molar-refractivity contribution in [2.45, 2.75) is 13.8 Å². The topological polar surface area (TPSA) is 50.4 Å². The standard InChI is InChI=1S/C17H20N2O2/c1-4-18-15-11-12(2)9-10-13(15)17(20)19-14-7-5-6-8-16(14)21-3/h5-11,18H,4H2,1-3H3,(H,19,20). The highest BCUT2D eigenvalue weighted by Crippen LogP contribution is 2.25. The highest BCUT2D eigenvalue weighted by atomic mass is 16.5. The highest BCUT2D eigenvalue weighted by molar-refractivity contribution is 6.08. The quantitative estimate of drug-likeness (QED) is 0.880. The molecule has 2 aromatic rings. The Kier molecular flexibility index (Phi) is 4.82.